The van der Waals surface area contributed by atoms with Crippen LogP contribution in [0.1, 0.15) is 11.3 Å². The van der Waals surface area contributed by atoms with Crippen LogP contribution in [0.2, 0.25) is 0 Å². The van der Waals surface area contributed by atoms with Gasteiger partial charge in [0.05, 0.1) is 0 Å². The van der Waals surface area contributed by atoms with Gasteiger partial charge >= 0.3 is 5.97 Å². The van der Waals surface area contributed by atoms with Crippen LogP contribution in [0.25, 0.3) is 5.78 Å². The summed E-state index contributed by atoms with van der Waals surface area (Å²) in [6, 6.07) is 0.939. The van der Waals surface area contributed by atoms with Crippen LogP contribution in [0, 0.1) is 11.3 Å². The minimum atomic E-state index is -1.06. The predicted octanol–water partition coefficient (Wildman–Crippen LogP) is -0.445. The number of nitrogens with zero attached hydrogens (tertiary/aromatic N) is 4. The number of nitrogens with two attached hydrogens (primary N) is 1. The molecular weight excluding hydrogens is 222 g/mol. The number of nitriles is 1. The summed E-state index contributed by atoms with van der Waals surface area (Å²) in [5.74, 6) is -0.664. The fourth-order valence-electron chi connectivity index (χ4n) is 1.43. The van der Waals surface area contributed by atoms with E-state index in [0.29, 0.717) is 11.3 Å². The second-order valence-electron chi connectivity index (χ2n) is 3.56. The Hall–Kier alpha value is -2.46. The molecule has 0 fully saturated rings. The molecule has 0 aliphatic carbocycles. The third kappa shape index (κ3) is 2.21. The first-order chi connectivity index (χ1) is 8.10. The Kier molecular flexibility index (Phi) is 2.72. The maximum Gasteiger partial charge on any atom is 0.320 e. The zero-order valence-electron chi connectivity index (χ0n) is 8.74. The van der Waals surface area contributed by atoms with Gasteiger partial charge in [-0.05, 0) is 5.56 Å². The van der Waals surface area contributed by atoms with Gasteiger partial charge < -0.3 is 10.8 Å². The molecule has 1 atom stereocenters. The predicted molar refractivity (Wildman–Crippen MR) is 57.0 cm³/mol. The van der Waals surface area contributed by atoms with E-state index < -0.39 is 12.0 Å². The molecule has 2 rings (SSSR count). The van der Waals surface area contributed by atoms with E-state index in [9.17, 15) is 4.79 Å². The van der Waals surface area contributed by atoms with Crippen molar-refractivity contribution in [3.05, 3.63) is 29.8 Å². The Morgan fingerprint density at radius 1 is 1.65 bits per heavy atom. The summed E-state index contributed by atoms with van der Waals surface area (Å²) < 4.78 is 1.57. The standard InChI is InChI=1S/C10H9N5O2/c11-2-7-5-15-4-6(1-8(12)9(16)17)3-13-10(15)14-7/h3-5,8H,1,12H2,(H,16,17). The van der Waals surface area contributed by atoms with Gasteiger partial charge in [-0.2, -0.15) is 10.2 Å². The number of aliphatic carboxylic acids is 1. The molecule has 1 unspecified atom stereocenters. The fraction of sp³-hybridized carbons (Fsp3) is 0.200. The van der Waals surface area contributed by atoms with E-state index in [2.05, 4.69) is 9.97 Å². The average Bonchev–Trinajstić information content (AvgIpc) is 2.70. The molecule has 7 heteroatoms. The highest BCUT2D eigenvalue weighted by Crippen LogP contribution is 2.06. The number of imidazole rings is 1. The Labute approximate surface area is 96.1 Å². The van der Waals surface area contributed by atoms with Crippen molar-refractivity contribution in [1.82, 2.24) is 14.4 Å². The molecule has 7 nitrogen and oxygen atoms in total. The highest BCUT2D eigenvalue weighted by atomic mass is 16.4. The Balaban J connectivity index is 2.31. The van der Waals surface area contributed by atoms with Crippen LogP contribution >= 0.6 is 0 Å². The van der Waals surface area contributed by atoms with Gasteiger partial charge in [0.15, 0.2) is 5.69 Å². The molecule has 2 aromatic rings. The van der Waals surface area contributed by atoms with Gasteiger partial charge in [0.25, 0.3) is 0 Å². The van der Waals surface area contributed by atoms with Gasteiger partial charge in [0.2, 0.25) is 5.78 Å². The van der Waals surface area contributed by atoms with Crippen LogP contribution in [-0.4, -0.2) is 31.5 Å². The molecule has 0 aliphatic heterocycles. The van der Waals surface area contributed by atoms with Crippen molar-refractivity contribution in [3.63, 3.8) is 0 Å². The Bertz CT molecular complexity index is 613. The Morgan fingerprint density at radius 3 is 3.06 bits per heavy atom. The average molecular weight is 231 g/mol. The number of rotatable bonds is 3. The topological polar surface area (TPSA) is 117 Å². The zero-order valence-corrected chi connectivity index (χ0v) is 8.74. The molecule has 17 heavy (non-hydrogen) atoms. The van der Waals surface area contributed by atoms with E-state index in [1.54, 1.807) is 10.6 Å². The van der Waals surface area contributed by atoms with Crippen molar-refractivity contribution in [2.75, 3.05) is 0 Å². The van der Waals surface area contributed by atoms with Crippen LogP contribution in [0.5, 0.6) is 0 Å². The first-order valence-corrected chi connectivity index (χ1v) is 4.82. The molecule has 0 aliphatic rings. The molecule has 2 aromatic heterocycles. The van der Waals surface area contributed by atoms with E-state index in [0.717, 1.165) is 0 Å². The molecule has 0 saturated heterocycles. The maximum atomic E-state index is 10.6. The van der Waals surface area contributed by atoms with E-state index in [1.165, 1.54) is 12.4 Å². The third-order valence-electron chi connectivity index (χ3n) is 2.25. The molecule has 0 aromatic carbocycles. The number of carboxylic acids is 1. The monoisotopic (exact) mass is 231 g/mol. The molecule has 2 heterocycles. The van der Waals surface area contributed by atoms with Gasteiger partial charge in [-0.15, -0.1) is 0 Å². The van der Waals surface area contributed by atoms with Crippen molar-refractivity contribution in [2.24, 2.45) is 5.73 Å². The summed E-state index contributed by atoms with van der Waals surface area (Å²) in [6.07, 6.45) is 4.88. The van der Waals surface area contributed by atoms with Gasteiger partial charge in [-0.25, -0.2) is 4.98 Å². The minimum absolute atomic E-state index is 0.179. The van der Waals surface area contributed by atoms with Crippen LogP contribution in [0.15, 0.2) is 18.6 Å². The summed E-state index contributed by atoms with van der Waals surface area (Å²) in [5, 5.41) is 17.4. The van der Waals surface area contributed by atoms with Gasteiger partial charge in [-0.3, -0.25) is 9.20 Å². The summed E-state index contributed by atoms with van der Waals surface area (Å²) in [4.78, 5) is 18.6. The smallest absolute Gasteiger partial charge is 0.320 e. The van der Waals surface area contributed by atoms with Crippen molar-refractivity contribution < 1.29 is 9.90 Å². The number of hydrogen-bond acceptors (Lipinski definition) is 5. The van der Waals surface area contributed by atoms with Crippen LogP contribution in [0.3, 0.4) is 0 Å². The lowest BCUT2D eigenvalue weighted by Crippen LogP contribution is -2.32. The second-order valence-corrected chi connectivity index (χ2v) is 3.56. The van der Waals surface area contributed by atoms with E-state index >= 15 is 0 Å². The highest BCUT2D eigenvalue weighted by molar-refractivity contribution is 5.73. The SMILES string of the molecule is N#Cc1cn2cc(CC(N)C(=O)O)cnc2n1. The van der Waals surface area contributed by atoms with E-state index in [1.807, 2.05) is 6.07 Å². The van der Waals surface area contributed by atoms with Crippen LogP contribution < -0.4 is 5.73 Å². The number of carbonyl (C=O) groups is 1. The van der Waals surface area contributed by atoms with Crippen LogP contribution in [-0.2, 0) is 11.2 Å². The van der Waals surface area contributed by atoms with Crippen molar-refractivity contribution in [3.8, 4) is 6.07 Å². The van der Waals surface area contributed by atoms with Crippen molar-refractivity contribution in [1.29, 1.82) is 5.26 Å². The number of carboxylic acid groups (broad SMARTS) is 1. The molecule has 0 saturated carbocycles. The van der Waals surface area contributed by atoms with Gasteiger partial charge in [-0.1, -0.05) is 0 Å². The van der Waals surface area contributed by atoms with Gasteiger partial charge in [0.1, 0.15) is 12.1 Å². The minimum Gasteiger partial charge on any atom is -0.480 e. The summed E-state index contributed by atoms with van der Waals surface area (Å²) in [5.41, 5.74) is 6.36. The quantitative estimate of drug-likeness (QED) is 0.739. The molecule has 0 radical (unpaired) electrons. The molecule has 0 bridgehead atoms. The Morgan fingerprint density at radius 2 is 2.41 bits per heavy atom. The zero-order chi connectivity index (χ0) is 12.4. The lowest BCUT2D eigenvalue weighted by Gasteiger charge is -2.05. The highest BCUT2D eigenvalue weighted by Gasteiger charge is 2.13. The maximum absolute atomic E-state index is 10.6. The molecule has 0 amide bonds. The molecule has 0 spiro atoms. The van der Waals surface area contributed by atoms with E-state index in [-0.39, 0.29) is 12.1 Å². The lowest BCUT2D eigenvalue weighted by atomic mass is 10.1. The summed E-state index contributed by atoms with van der Waals surface area (Å²) >= 11 is 0. The molecule has 86 valence electrons. The van der Waals surface area contributed by atoms with Gasteiger partial charge in [0, 0.05) is 25.0 Å². The summed E-state index contributed by atoms with van der Waals surface area (Å²) in [6.45, 7) is 0. The normalized spacial score (nSPS) is 12.2. The number of aromatic nitrogens is 3. The molecule has 3 N–H and O–H groups in total. The largest absolute Gasteiger partial charge is 0.480 e. The van der Waals surface area contributed by atoms with E-state index in [4.69, 9.17) is 16.1 Å². The second kappa shape index (κ2) is 4.19. The van der Waals surface area contributed by atoms with Crippen molar-refractivity contribution >= 4 is 11.7 Å². The van der Waals surface area contributed by atoms with Crippen molar-refractivity contribution in [2.45, 2.75) is 12.5 Å². The summed E-state index contributed by atoms with van der Waals surface area (Å²) in [7, 11) is 0. The first kappa shape index (κ1) is 11.0. The lowest BCUT2D eigenvalue weighted by molar-refractivity contribution is -0.138. The van der Waals surface area contributed by atoms with Crippen LogP contribution in [0.4, 0.5) is 0 Å². The number of fused-ring (bicyclic) bond motifs is 1. The third-order valence-corrected chi connectivity index (χ3v) is 2.25. The number of hydrogen-bond donors (Lipinski definition) is 2. The first-order valence-electron chi connectivity index (χ1n) is 4.82. The fourth-order valence-corrected chi connectivity index (χ4v) is 1.43. The molecular formula is C10H9N5O2.